The van der Waals surface area contributed by atoms with Crippen LogP contribution < -0.4 is 0 Å². The fraction of sp³-hybridized carbons (Fsp3) is 0.714. The molecule has 0 unspecified atom stereocenters. The van der Waals surface area contributed by atoms with Crippen molar-refractivity contribution in [2.45, 2.75) is 0 Å². The summed E-state index contributed by atoms with van der Waals surface area (Å²) in [7, 11) is 0. The van der Waals surface area contributed by atoms with E-state index in [1.54, 1.807) is 0 Å². The maximum absolute atomic E-state index is 10.8. The van der Waals surface area contributed by atoms with Gasteiger partial charge in [-0.05, 0) is 0 Å². The van der Waals surface area contributed by atoms with Gasteiger partial charge in [0.15, 0.2) is 5.17 Å². The van der Waals surface area contributed by atoms with Crippen molar-refractivity contribution in [3.8, 4) is 0 Å². The number of hydrogen-bond donors (Lipinski definition) is 0. The second kappa shape index (κ2) is 3.45. The summed E-state index contributed by atoms with van der Waals surface area (Å²) in [4.78, 5) is 16.9. The molecular formula is C7H10N2O2S. The van der Waals surface area contributed by atoms with Crippen molar-refractivity contribution < 1.29 is 9.53 Å². The molecular weight excluding hydrogens is 176 g/mol. The first-order valence-corrected chi connectivity index (χ1v) is 4.92. The monoisotopic (exact) mass is 186 g/mol. The zero-order valence-electron chi connectivity index (χ0n) is 6.65. The van der Waals surface area contributed by atoms with Crippen LogP contribution in [-0.2, 0) is 9.53 Å². The van der Waals surface area contributed by atoms with Gasteiger partial charge in [-0.2, -0.15) is 4.99 Å². The molecule has 0 saturated carbocycles. The van der Waals surface area contributed by atoms with Gasteiger partial charge in [0.25, 0.3) is 5.91 Å². The van der Waals surface area contributed by atoms with Gasteiger partial charge in [0.2, 0.25) is 0 Å². The number of amides is 1. The Morgan fingerprint density at radius 2 is 2.17 bits per heavy atom. The summed E-state index contributed by atoms with van der Waals surface area (Å²) < 4.78 is 5.20. The van der Waals surface area contributed by atoms with E-state index < -0.39 is 0 Å². The minimum Gasteiger partial charge on any atom is -0.378 e. The van der Waals surface area contributed by atoms with Crippen molar-refractivity contribution in [1.82, 2.24) is 4.90 Å². The number of aliphatic imine (C=N–C) groups is 1. The third-order valence-corrected chi connectivity index (χ3v) is 2.83. The lowest BCUT2D eigenvalue weighted by molar-refractivity contribution is -0.115. The summed E-state index contributed by atoms with van der Waals surface area (Å²) in [5, 5.41) is 0.878. The molecule has 0 spiro atoms. The molecule has 2 rings (SSSR count). The van der Waals surface area contributed by atoms with Crippen LogP contribution in [0.15, 0.2) is 4.99 Å². The molecule has 1 fully saturated rings. The third kappa shape index (κ3) is 1.61. The molecule has 2 aliphatic heterocycles. The average molecular weight is 186 g/mol. The van der Waals surface area contributed by atoms with E-state index in [9.17, 15) is 4.79 Å². The largest absolute Gasteiger partial charge is 0.378 e. The molecule has 0 bridgehead atoms. The highest BCUT2D eigenvalue weighted by molar-refractivity contribution is 8.14. The summed E-state index contributed by atoms with van der Waals surface area (Å²) in [5.41, 5.74) is 0. The van der Waals surface area contributed by atoms with Crippen LogP contribution in [0, 0.1) is 0 Å². The minimum absolute atomic E-state index is 0.0125. The summed E-state index contributed by atoms with van der Waals surface area (Å²) in [6, 6.07) is 0. The maximum Gasteiger partial charge on any atom is 0.258 e. The summed E-state index contributed by atoms with van der Waals surface area (Å²) in [6.07, 6.45) is 0. The Kier molecular flexibility index (Phi) is 2.32. The number of morpholine rings is 1. The van der Waals surface area contributed by atoms with Crippen LogP contribution in [0.5, 0.6) is 0 Å². The number of hydrogen-bond acceptors (Lipinski definition) is 4. The number of amidine groups is 1. The molecule has 0 aromatic rings. The molecule has 0 aromatic heterocycles. The van der Waals surface area contributed by atoms with Crippen LogP contribution in [-0.4, -0.2) is 48.0 Å². The molecule has 1 saturated heterocycles. The Bertz CT molecular complexity index is 223. The smallest absolute Gasteiger partial charge is 0.258 e. The van der Waals surface area contributed by atoms with Crippen molar-refractivity contribution in [3.63, 3.8) is 0 Å². The van der Waals surface area contributed by atoms with Gasteiger partial charge in [0.1, 0.15) is 0 Å². The lowest BCUT2D eigenvalue weighted by Crippen LogP contribution is -2.38. The number of carbonyl (C=O) groups is 1. The first kappa shape index (κ1) is 8.07. The zero-order chi connectivity index (χ0) is 8.39. The number of rotatable bonds is 0. The van der Waals surface area contributed by atoms with Crippen LogP contribution in [0.2, 0.25) is 0 Å². The molecule has 5 heteroatoms. The first-order valence-electron chi connectivity index (χ1n) is 3.93. The zero-order valence-corrected chi connectivity index (χ0v) is 7.47. The second-order valence-electron chi connectivity index (χ2n) is 2.68. The summed E-state index contributed by atoms with van der Waals surface area (Å²) >= 11 is 1.53. The Labute approximate surface area is 75.0 Å². The van der Waals surface area contributed by atoms with Crippen LogP contribution in [0.4, 0.5) is 0 Å². The lowest BCUT2D eigenvalue weighted by Gasteiger charge is -2.27. The molecule has 0 aliphatic carbocycles. The van der Waals surface area contributed by atoms with E-state index in [0.717, 1.165) is 31.5 Å². The van der Waals surface area contributed by atoms with E-state index in [1.165, 1.54) is 11.8 Å². The van der Waals surface area contributed by atoms with Crippen molar-refractivity contribution >= 4 is 22.8 Å². The van der Waals surface area contributed by atoms with Crippen LogP contribution in [0.25, 0.3) is 0 Å². The van der Waals surface area contributed by atoms with Gasteiger partial charge in [0.05, 0.1) is 19.0 Å². The molecule has 0 N–H and O–H groups in total. The van der Waals surface area contributed by atoms with Crippen molar-refractivity contribution in [1.29, 1.82) is 0 Å². The quantitative estimate of drug-likeness (QED) is 0.532. The van der Waals surface area contributed by atoms with E-state index in [4.69, 9.17) is 4.74 Å². The highest BCUT2D eigenvalue weighted by Gasteiger charge is 2.21. The predicted molar refractivity (Wildman–Crippen MR) is 47.3 cm³/mol. The van der Waals surface area contributed by atoms with Crippen LogP contribution >= 0.6 is 11.8 Å². The van der Waals surface area contributed by atoms with Crippen LogP contribution in [0.1, 0.15) is 0 Å². The number of thioether (sulfide) groups is 1. The van der Waals surface area contributed by atoms with E-state index in [1.807, 2.05) is 0 Å². The van der Waals surface area contributed by atoms with E-state index in [-0.39, 0.29) is 5.91 Å². The summed E-state index contributed by atoms with van der Waals surface area (Å²) in [6.45, 7) is 3.21. The minimum atomic E-state index is -0.0125. The normalized spacial score (nSPS) is 24.5. The van der Waals surface area contributed by atoms with Crippen molar-refractivity contribution in [2.24, 2.45) is 4.99 Å². The van der Waals surface area contributed by atoms with Gasteiger partial charge < -0.3 is 9.64 Å². The van der Waals surface area contributed by atoms with Gasteiger partial charge in [0, 0.05) is 13.1 Å². The van der Waals surface area contributed by atoms with Crippen molar-refractivity contribution in [3.05, 3.63) is 0 Å². The molecule has 0 aromatic carbocycles. The fourth-order valence-electron chi connectivity index (χ4n) is 1.21. The molecule has 0 atom stereocenters. The van der Waals surface area contributed by atoms with E-state index in [0.29, 0.717) is 5.75 Å². The van der Waals surface area contributed by atoms with Gasteiger partial charge in [-0.15, -0.1) is 0 Å². The maximum atomic E-state index is 10.8. The predicted octanol–water partition coefficient (Wildman–Crippen LogP) is -0.0520. The number of nitrogens with zero attached hydrogens (tertiary/aromatic N) is 2. The average Bonchev–Trinajstić information content (AvgIpc) is 2.54. The molecule has 2 aliphatic rings. The van der Waals surface area contributed by atoms with E-state index in [2.05, 4.69) is 9.89 Å². The molecule has 4 nitrogen and oxygen atoms in total. The standard InChI is InChI=1S/C7H10N2O2S/c10-6-5-12-7(8-6)9-1-3-11-4-2-9/h1-5H2. The van der Waals surface area contributed by atoms with E-state index >= 15 is 0 Å². The molecule has 1 amide bonds. The van der Waals surface area contributed by atoms with Gasteiger partial charge in [-0.3, -0.25) is 4.79 Å². The molecule has 66 valence electrons. The van der Waals surface area contributed by atoms with Gasteiger partial charge >= 0.3 is 0 Å². The van der Waals surface area contributed by atoms with Gasteiger partial charge in [-0.1, -0.05) is 11.8 Å². The highest BCUT2D eigenvalue weighted by Crippen LogP contribution is 2.17. The first-order chi connectivity index (χ1) is 5.86. The van der Waals surface area contributed by atoms with Crippen LogP contribution in [0.3, 0.4) is 0 Å². The van der Waals surface area contributed by atoms with Crippen molar-refractivity contribution in [2.75, 3.05) is 32.1 Å². The number of ether oxygens (including phenoxy) is 1. The lowest BCUT2D eigenvalue weighted by atomic mass is 10.5. The molecule has 2 heterocycles. The SMILES string of the molecule is O=C1CSC(N2CCOCC2)=N1. The number of carbonyl (C=O) groups excluding carboxylic acids is 1. The fourth-order valence-corrected chi connectivity index (χ4v) is 2.06. The highest BCUT2D eigenvalue weighted by atomic mass is 32.2. The Morgan fingerprint density at radius 1 is 1.42 bits per heavy atom. The Morgan fingerprint density at radius 3 is 2.75 bits per heavy atom. The second-order valence-corrected chi connectivity index (χ2v) is 3.62. The Balaban J connectivity index is 1.99. The Hall–Kier alpha value is -0.550. The van der Waals surface area contributed by atoms with Gasteiger partial charge in [-0.25, -0.2) is 0 Å². The summed E-state index contributed by atoms with van der Waals surface area (Å²) in [5.74, 6) is 0.494. The molecule has 12 heavy (non-hydrogen) atoms. The topological polar surface area (TPSA) is 41.9 Å². The third-order valence-electron chi connectivity index (χ3n) is 1.83. The molecule has 0 radical (unpaired) electrons.